The van der Waals surface area contributed by atoms with Crippen LogP contribution in [-0.2, 0) is 33.2 Å². The van der Waals surface area contributed by atoms with Gasteiger partial charge in [0.1, 0.15) is 54.9 Å². The molecule has 0 radical (unpaired) electrons. The second-order valence-electron chi connectivity index (χ2n) is 16.9. The number of aliphatic hydroxyl groups excluding tert-OH is 7. The van der Waals surface area contributed by atoms with Crippen molar-refractivity contribution >= 4 is 5.97 Å². The van der Waals surface area contributed by atoms with Gasteiger partial charge in [-0.25, -0.2) is 0 Å². The lowest BCUT2D eigenvalue weighted by molar-refractivity contribution is -0.332. The number of aliphatic hydroxyl groups is 7. The summed E-state index contributed by atoms with van der Waals surface area (Å²) in [7, 11) is 0. The molecule has 2 aliphatic heterocycles. The third kappa shape index (κ3) is 23.4. The third-order valence-corrected chi connectivity index (χ3v) is 11.5. The molecule has 7 N–H and O–H groups in total. The largest absolute Gasteiger partial charge is 0.457 e. The Hall–Kier alpha value is -1.27. The molecule has 0 amide bonds. The number of esters is 1. The molecule has 0 spiro atoms. The van der Waals surface area contributed by atoms with Crippen LogP contribution in [0.4, 0.5) is 0 Å². The maximum absolute atomic E-state index is 12.9. The van der Waals surface area contributed by atoms with Gasteiger partial charge in [-0.1, -0.05) is 142 Å². The predicted molar refractivity (Wildman–Crippen MR) is 229 cm³/mol. The summed E-state index contributed by atoms with van der Waals surface area (Å²) >= 11 is 0. The van der Waals surface area contributed by atoms with Crippen LogP contribution in [0.15, 0.2) is 12.2 Å². The predicted octanol–water partition coefficient (Wildman–Crippen LogP) is 5.90. The van der Waals surface area contributed by atoms with Gasteiger partial charge in [0.15, 0.2) is 12.6 Å². The molecule has 0 aromatic heterocycles. The van der Waals surface area contributed by atoms with Gasteiger partial charge in [-0.2, -0.15) is 0 Å². The Bertz CT molecular complexity index is 1050. The highest BCUT2D eigenvalue weighted by molar-refractivity contribution is 5.69. The molecular weight excluding hydrogens is 776 g/mol. The summed E-state index contributed by atoms with van der Waals surface area (Å²) in [5.41, 5.74) is 0. The molecule has 2 heterocycles. The first-order chi connectivity index (χ1) is 29.1. The summed E-state index contributed by atoms with van der Waals surface area (Å²) in [6, 6.07) is 0. The Labute approximate surface area is 361 Å². The SMILES string of the molecule is CCCCC/C=C\CCCCCCCCOCC(COC1OC(COC2OC(CO)C(O)C(O)C2O)C(O)C(O)C1O)OC(=O)CCCCCCCCCCCCCCC. The summed E-state index contributed by atoms with van der Waals surface area (Å²) in [5.74, 6) is -0.377. The lowest BCUT2D eigenvalue weighted by atomic mass is 9.98. The van der Waals surface area contributed by atoms with Gasteiger partial charge < -0.3 is 64.2 Å². The van der Waals surface area contributed by atoms with Crippen LogP contribution >= 0.6 is 0 Å². The average molecular weight is 863 g/mol. The van der Waals surface area contributed by atoms with Crippen molar-refractivity contribution in [3.8, 4) is 0 Å². The van der Waals surface area contributed by atoms with E-state index in [9.17, 15) is 40.5 Å². The standard InChI is InChI=1S/C46H86O14/c1-3-5-7-9-11-13-15-17-19-21-23-25-27-29-38(48)58-35(32-55-30-28-26-24-22-20-18-16-14-12-10-8-6-4-2)33-56-45-44(54)42(52)40(50)37(60-45)34-57-46-43(53)41(51)39(49)36(31-47)59-46/h12,14,35-37,39-47,49-54H,3-11,13,15-34H2,1-2H3/b14-12-. The summed E-state index contributed by atoms with van der Waals surface area (Å²) in [4.78, 5) is 12.9. The summed E-state index contributed by atoms with van der Waals surface area (Å²) < 4.78 is 34.2. The number of unbranched alkanes of at least 4 members (excludes halogenated alkanes) is 21. The number of rotatable bonds is 37. The fraction of sp³-hybridized carbons (Fsp3) is 0.935. The van der Waals surface area contributed by atoms with Crippen LogP contribution in [0.2, 0.25) is 0 Å². The smallest absolute Gasteiger partial charge is 0.306 e. The van der Waals surface area contributed by atoms with E-state index in [2.05, 4.69) is 26.0 Å². The van der Waals surface area contributed by atoms with Crippen LogP contribution in [-0.4, -0.2) is 142 Å². The molecule has 2 fully saturated rings. The van der Waals surface area contributed by atoms with Crippen molar-refractivity contribution in [2.24, 2.45) is 0 Å². The number of carbonyl (C=O) groups excluding carboxylic acids is 1. The topological polar surface area (TPSA) is 214 Å². The molecule has 354 valence electrons. The zero-order valence-corrected chi connectivity index (χ0v) is 37.2. The van der Waals surface area contributed by atoms with E-state index in [-0.39, 0.29) is 25.6 Å². The van der Waals surface area contributed by atoms with Gasteiger partial charge in [0, 0.05) is 13.0 Å². The van der Waals surface area contributed by atoms with Gasteiger partial charge in [-0.3, -0.25) is 4.79 Å². The minimum atomic E-state index is -1.70. The zero-order chi connectivity index (χ0) is 43.8. The zero-order valence-electron chi connectivity index (χ0n) is 37.2. The molecule has 2 rings (SSSR count). The highest BCUT2D eigenvalue weighted by atomic mass is 16.7. The van der Waals surface area contributed by atoms with Gasteiger partial charge in [0.25, 0.3) is 0 Å². The molecule has 0 bridgehead atoms. The molecule has 2 saturated heterocycles. The fourth-order valence-electron chi connectivity index (χ4n) is 7.57. The van der Waals surface area contributed by atoms with E-state index in [1.54, 1.807) is 0 Å². The van der Waals surface area contributed by atoms with Crippen molar-refractivity contribution in [1.29, 1.82) is 0 Å². The number of ether oxygens (including phenoxy) is 6. The molecule has 0 aliphatic carbocycles. The van der Waals surface area contributed by atoms with Crippen molar-refractivity contribution in [2.45, 2.75) is 242 Å². The van der Waals surface area contributed by atoms with Gasteiger partial charge >= 0.3 is 5.97 Å². The quantitative estimate of drug-likeness (QED) is 0.0220. The fourth-order valence-corrected chi connectivity index (χ4v) is 7.57. The molecule has 60 heavy (non-hydrogen) atoms. The van der Waals surface area contributed by atoms with E-state index in [4.69, 9.17) is 28.4 Å². The van der Waals surface area contributed by atoms with Gasteiger partial charge in [-0.05, 0) is 38.5 Å². The number of carbonyl (C=O) groups is 1. The van der Waals surface area contributed by atoms with Crippen LogP contribution in [0, 0.1) is 0 Å². The molecular formula is C46H86O14. The van der Waals surface area contributed by atoms with Crippen LogP contribution < -0.4 is 0 Å². The molecule has 2 aliphatic rings. The molecule has 0 aromatic carbocycles. The number of allylic oxidation sites excluding steroid dienone is 2. The van der Waals surface area contributed by atoms with Crippen molar-refractivity contribution in [3.05, 3.63) is 12.2 Å². The molecule has 11 atom stereocenters. The van der Waals surface area contributed by atoms with Crippen molar-refractivity contribution in [2.75, 3.05) is 33.0 Å². The summed E-state index contributed by atoms with van der Waals surface area (Å²) in [6.07, 6.45) is 17.0. The Balaban J connectivity index is 1.80. The van der Waals surface area contributed by atoms with Crippen molar-refractivity contribution in [1.82, 2.24) is 0 Å². The maximum Gasteiger partial charge on any atom is 0.306 e. The Morgan fingerprint density at radius 2 is 0.983 bits per heavy atom. The van der Waals surface area contributed by atoms with Gasteiger partial charge in [0.05, 0.1) is 26.4 Å². The van der Waals surface area contributed by atoms with E-state index >= 15 is 0 Å². The minimum Gasteiger partial charge on any atom is -0.457 e. The lowest BCUT2D eigenvalue weighted by Gasteiger charge is -2.42. The maximum atomic E-state index is 12.9. The van der Waals surface area contributed by atoms with Crippen LogP contribution in [0.1, 0.15) is 174 Å². The van der Waals surface area contributed by atoms with E-state index < -0.39 is 80.7 Å². The highest BCUT2D eigenvalue weighted by Gasteiger charge is 2.47. The van der Waals surface area contributed by atoms with Crippen molar-refractivity contribution in [3.63, 3.8) is 0 Å². The first-order valence-corrected chi connectivity index (χ1v) is 23.8. The Morgan fingerprint density at radius 1 is 0.533 bits per heavy atom. The van der Waals surface area contributed by atoms with E-state index in [1.165, 1.54) is 103 Å². The second-order valence-corrected chi connectivity index (χ2v) is 16.9. The lowest BCUT2D eigenvalue weighted by Crippen LogP contribution is -2.61. The molecule has 14 heteroatoms. The van der Waals surface area contributed by atoms with Crippen LogP contribution in [0.5, 0.6) is 0 Å². The minimum absolute atomic E-state index is 0.0621. The number of hydrogen-bond acceptors (Lipinski definition) is 14. The van der Waals surface area contributed by atoms with Crippen LogP contribution in [0.3, 0.4) is 0 Å². The second kappa shape index (κ2) is 35.1. The molecule has 0 saturated carbocycles. The average Bonchev–Trinajstić information content (AvgIpc) is 3.24. The first-order valence-electron chi connectivity index (χ1n) is 23.8. The Kier molecular flexibility index (Phi) is 32.1. The number of hydrogen-bond donors (Lipinski definition) is 7. The molecule has 14 nitrogen and oxygen atoms in total. The first kappa shape index (κ1) is 54.9. The third-order valence-electron chi connectivity index (χ3n) is 11.5. The summed E-state index contributed by atoms with van der Waals surface area (Å²) in [5, 5.41) is 71.9. The summed E-state index contributed by atoms with van der Waals surface area (Å²) in [6.45, 7) is 3.65. The van der Waals surface area contributed by atoms with Gasteiger partial charge in [0.2, 0.25) is 0 Å². The van der Waals surface area contributed by atoms with E-state index in [1.807, 2.05) is 0 Å². The normalized spacial score (nSPS) is 27.8. The Morgan fingerprint density at radius 3 is 1.55 bits per heavy atom. The monoisotopic (exact) mass is 863 g/mol. The highest BCUT2D eigenvalue weighted by Crippen LogP contribution is 2.26. The molecule has 0 aromatic rings. The van der Waals surface area contributed by atoms with E-state index in [0.29, 0.717) is 13.0 Å². The van der Waals surface area contributed by atoms with E-state index in [0.717, 1.165) is 44.9 Å². The van der Waals surface area contributed by atoms with Crippen LogP contribution in [0.25, 0.3) is 0 Å². The van der Waals surface area contributed by atoms with Crippen molar-refractivity contribution < 1.29 is 69.0 Å². The molecule has 11 unspecified atom stereocenters. The van der Waals surface area contributed by atoms with Gasteiger partial charge in [-0.15, -0.1) is 0 Å².